The Morgan fingerprint density at radius 2 is 1.96 bits per heavy atom. The molecule has 0 spiro atoms. The Labute approximate surface area is 139 Å². The third kappa shape index (κ3) is 3.59. The van der Waals surface area contributed by atoms with Crippen molar-refractivity contribution in [3.8, 4) is 0 Å². The van der Waals surface area contributed by atoms with Crippen LogP contribution in [0.1, 0.15) is 24.5 Å². The normalized spacial score (nSPS) is 12.0. The SMILES string of the molecule is CCn1c(=NC(=O)CCc2ccccc2)sc2cc(C)ccc21. The Balaban J connectivity index is 1.86. The first kappa shape index (κ1) is 15.7. The minimum Gasteiger partial charge on any atom is -0.317 e. The van der Waals surface area contributed by atoms with Crippen LogP contribution in [0.2, 0.25) is 0 Å². The maximum absolute atomic E-state index is 12.2. The van der Waals surface area contributed by atoms with Gasteiger partial charge in [-0.05, 0) is 43.5 Å². The van der Waals surface area contributed by atoms with Gasteiger partial charge in [-0.3, -0.25) is 4.79 Å². The van der Waals surface area contributed by atoms with Crippen molar-refractivity contribution in [3.63, 3.8) is 0 Å². The van der Waals surface area contributed by atoms with E-state index in [0.29, 0.717) is 6.42 Å². The van der Waals surface area contributed by atoms with Gasteiger partial charge < -0.3 is 4.57 Å². The summed E-state index contributed by atoms with van der Waals surface area (Å²) in [5.41, 5.74) is 3.55. The molecule has 4 heteroatoms. The molecule has 1 aromatic heterocycles. The number of carbonyl (C=O) groups excluding carboxylic acids is 1. The van der Waals surface area contributed by atoms with Crippen LogP contribution in [0.3, 0.4) is 0 Å². The molecule has 0 saturated heterocycles. The molecule has 3 rings (SSSR count). The van der Waals surface area contributed by atoms with Gasteiger partial charge in [0.05, 0.1) is 10.2 Å². The molecular formula is C19H20N2OS. The Morgan fingerprint density at radius 1 is 1.17 bits per heavy atom. The van der Waals surface area contributed by atoms with Crippen molar-refractivity contribution in [2.24, 2.45) is 4.99 Å². The van der Waals surface area contributed by atoms with Crippen molar-refractivity contribution < 1.29 is 4.79 Å². The van der Waals surface area contributed by atoms with Gasteiger partial charge in [0.15, 0.2) is 4.80 Å². The first-order valence-electron chi connectivity index (χ1n) is 7.89. The Kier molecular flexibility index (Phi) is 4.72. The number of carbonyl (C=O) groups is 1. The molecule has 0 bridgehead atoms. The molecule has 0 radical (unpaired) electrons. The van der Waals surface area contributed by atoms with Crippen LogP contribution in [0.15, 0.2) is 53.5 Å². The summed E-state index contributed by atoms with van der Waals surface area (Å²) in [6, 6.07) is 16.4. The molecule has 1 amide bonds. The van der Waals surface area contributed by atoms with E-state index in [2.05, 4.69) is 41.6 Å². The van der Waals surface area contributed by atoms with Gasteiger partial charge in [-0.25, -0.2) is 0 Å². The molecule has 0 unspecified atom stereocenters. The van der Waals surface area contributed by atoms with Gasteiger partial charge in [-0.2, -0.15) is 4.99 Å². The van der Waals surface area contributed by atoms with Crippen LogP contribution >= 0.6 is 11.3 Å². The standard InChI is InChI=1S/C19H20N2OS/c1-3-21-16-11-9-14(2)13-17(16)23-19(21)20-18(22)12-10-15-7-5-4-6-8-15/h4-9,11,13H,3,10,12H2,1-2H3. The van der Waals surface area contributed by atoms with Crippen LogP contribution in [0.5, 0.6) is 0 Å². The number of aryl methyl sites for hydroxylation is 3. The maximum Gasteiger partial charge on any atom is 0.248 e. The zero-order valence-electron chi connectivity index (χ0n) is 13.5. The van der Waals surface area contributed by atoms with Gasteiger partial charge in [-0.1, -0.05) is 47.7 Å². The highest BCUT2D eigenvalue weighted by Crippen LogP contribution is 2.18. The van der Waals surface area contributed by atoms with Gasteiger partial charge in [0.25, 0.3) is 0 Å². The quantitative estimate of drug-likeness (QED) is 0.712. The number of amides is 1. The number of nitrogens with zero attached hydrogens (tertiary/aromatic N) is 2. The van der Waals surface area contributed by atoms with Crippen molar-refractivity contribution >= 4 is 27.5 Å². The molecular weight excluding hydrogens is 304 g/mol. The first-order valence-corrected chi connectivity index (χ1v) is 8.70. The van der Waals surface area contributed by atoms with E-state index < -0.39 is 0 Å². The topological polar surface area (TPSA) is 34.4 Å². The fourth-order valence-electron chi connectivity index (χ4n) is 2.63. The second kappa shape index (κ2) is 6.92. The van der Waals surface area contributed by atoms with Crippen LogP contribution in [-0.4, -0.2) is 10.5 Å². The van der Waals surface area contributed by atoms with E-state index in [1.807, 2.05) is 30.3 Å². The van der Waals surface area contributed by atoms with Crippen LogP contribution < -0.4 is 4.80 Å². The average molecular weight is 324 g/mol. The van der Waals surface area contributed by atoms with Crippen molar-refractivity contribution in [2.75, 3.05) is 0 Å². The lowest BCUT2D eigenvalue weighted by atomic mass is 10.1. The molecule has 0 atom stereocenters. The van der Waals surface area contributed by atoms with E-state index >= 15 is 0 Å². The largest absolute Gasteiger partial charge is 0.317 e. The third-order valence-corrected chi connectivity index (χ3v) is 4.89. The number of benzene rings is 2. The summed E-state index contributed by atoms with van der Waals surface area (Å²) in [7, 11) is 0. The van der Waals surface area contributed by atoms with Crippen molar-refractivity contribution in [3.05, 3.63) is 64.5 Å². The molecule has 3 nitrogen and oxygen atoms in total. The van der Waals surface area contributed by atoms with E-state index in [-0.39, 0.29) is 5.91 Å². The van der Waals surface area contributed by atoms with Gasteiger partial charge in [-0.15, -0.1) is 0 Å². The van der Waals surface area contributed by atoms with Crippen molar-refractivity contribution in [1.82, 2.24) is 4.57 Å². The highest BCUT2D eigenvalue weighted by atomic mass is 32.1. The number of fused-ring (bicyclic) bond motifs is 1. The molecule has 2 aromatic carbocycles. The predicted molar refractivity (Wildman–Crippen MR) is 95.6 cm³/mol. The summed E-state index contributed by atoms with van der Waals surface area (Å²) in [5.74, 6) is -0.0562. The molecule has 23 heavy (non-hydrogen) atoms. The Bertz CT molecular complexity index is 891. The van der Waals surface area contributed by atoms with Gasteiger partial charge in [0.1, 0.15) is 0 Å². The van der Waals surface area contributed by atoms with Gasteiger partial charge in [0, 0.05) is 13.0 Å². The average Bonchev–Trinajstić information content (AvgIpc) is 2.89. The molecule has 0 aliphatic carbocycles. The molecule has 3 aromatic rings. The summed E-state index contributed by atoms with van der Waals surface area (Å²) in [5, 5.41) is 0. The lowest BCUT2D eigenvalue weighted by Gasteiger charge is -2.01. The molecule has 0 saturated carbocycles. The molecule has 118 valence electrons. The number of hydrogen-bond donors (Lipinski definition) is 0. The van der Waals surface area contributed by atoms with Crippen LogP contribution in [0, 0.1) is 6.92 Å². The lowest BCUT2D eigenvalue weighted by Crippen LogP contribution is -2.16. The summed E-state index contributed by atoms with van der Waals surface area (Å²) in [4.78, 5) is 17.4. The Morgan fingerprint density at radius 3 is 2.70 bits per heavy atom. The maximum atomic E-state index is 12.2. The lowest BCUT2D eigenvalue weighted by molar-refractivity contribution is -0.118. The molecule has 0 fully saturated rings. The van der Waals surface area contributed by atoms with Gasteiger partial charge >= 0.3 is 0 Å². The summed E-state index contributed by atoms with van der Waals surface area (Å²) in [6.07, 6.45) is 1.18. The number of aromatic nitrogens is 1. The van der Waals surface area contributed by atoms with Crippen molar-refractivity contribution in [2.45, 2.75) is 33.2 Å². The van der Waals surface area contributed by atoms with Crippen LogP contribution in [0.25, 0.3) is 10.2 Å². The fourth-order valence-corrected chi connectivity index (χ4v) is 3.84. The molecule has 0 aliphatic heterocycles. The second-order valence-corrected chi connectivity index (χ2v) is 6.60. The molecule has 0 N–H and O–H groups in total. The molecule has 1 heterocycles. The summed E-state index contributed by atoms with van der Waals surface area (Å²) in [6.45, 7) is 4.98. The predicted octanol–water partition coefficient (Wildman–Crippen LogP) is 4.09. The minimum atomic E-state index is -0.0562. The number of rotatable bonds is 4. The monoisotopic (exact) mass is 324 g/mol. The van der Waals surface area contributed by atoms with E-state index in [1.54, 1.807) is 11.3 Å². The van der Waals surface area contributed by atoms with Crippen LogP contribution in [0.4, 0.5) is 0 Å². The zero-order valence-corrected chi connectivity index (χ0v) is 14.3. The highest BCUT2D eigenvalue weighted by molar-refractivity contribution is 7.16. The summed E-state index contributed by atoms with van der Waals surface area (Å²) < 4.78 is 3.29. The van der Waals surface area contributed by atoms with E-state index in [9.17, 15) is 4.79 Å². The van der Waals surface area contributed by atoms with E-state index in [1.165, 1.54) is 15.8 Å². The highest BCUT2D eigenvalue weighted by Gasteiger charge is 2.07. The first-order chi connectivity index (χ1) is 11.2. The van der Waals surface area contributed by atoms with Gasteiger partial charge in [0.2, 0.25) is 5.91 Å². The fraction of sp³-hybridized carbons (Fsp3) is 0.263. The minimum absolute atomic E-state index is 0.0562. The molecule has 0 aliphatic rings. The van der Waals surface area contributed by atoms with Crippen molar-refractivity contribution in [1.29, 1.82) is 0 Å². The number of thiazole rings is 1. The Hall–Kier alpha value is -2.20. The van der Waals surface area contributed by atoms with E-state index in [0.717, 1.165) is 23.3 Å². The smallest absolute Gasteiger partial charge is 0.248 e. The van der Waals surface area contributed by atoms with Crippen LogP contribution in [-0.2, 0) is 17.8 Å². The second-order valence-electron chi connectivity index (χ2n) is 5.59. The number of hydrogen-bond acceptors (Lipinski definition) is 2. The van der Waals surface area contributed by atoms with E-state index in [4.69, 9.17) is 0 Å². The zero-order chi connectivity index (χ0) is 16.2. The summed E-state index contributed by atoms with van der Waals surface area (Å²) >= 11 is 1.59. The third-order valence-electron chi connectivity index (χ3n) is 3.85.